The Labute approximate surface area is 171 Å². The Kier molecular flexibility index (Phi) is 7.63. The van der Waals surface area contributed by atoms with Gasteiger partial charge in [-0.25, -0.2) is 9.59 Å². The van der Waals surface area contributed by atoms with Crippen LogP contribution in [0.3, 0.4) is 0 Å². The van der Waals surface area contributed by atoms with Gasteiger partial charge in [-0.15, -0.1) is 11.3 Å². The van der Waals surface area contributed by atoms with Crippen molar-refractivity contribution in [2.75, 3.05) is 13.1 Å². The highest BCUT2D eigenvalue weighted by Gasteiger charge is 2.18. The van der Waals surface area contributed by atoms with E-state index in [1.807, 2.05) is 6.07 Å². The molecule has 0 amide bonds. The van der Waals surface area contributed by atoms with Gasteiger partial charge in [0.25, 0.3) is 5.69 Å². The molecule has 0 unspecified atom stereocenters. The minimum atomic E-state index is -1.26. The number of carbonyl (C=O) groups is 2. The summed E-state index contributed by atoms with van der Waals surface area (Å²) in [5.74, 6) is -2.51. The van der Waals surface area contributed by atoms with Crippen molar-refractivity contribution in [1.82, 2.24) is 4.90 Å². The third-order valence-corrected chi connectivity index (χ3v) is 5.40. The van der Waals surface area contributed by atoms with Crippen LogP contribution in [0.15, 0.2) is 41.8 Å². The van der Waals surface area contributed by atoms with Crippen LogP contribution in [0.4, 0.5) is 5.69 Å². The van der Waals surface area contributed by atoms with E-state index >= 15 is 0 Å². The van der Waals surface area contributed by atoms with E-state index in [4.69, 9.17) is 10.2 Å². The van der Waals surface area contributed by atoms with E-state index in [-0.39, 0.29) is 10.6 Å². The summed E-state index contributed by atoms with van der Waals surface area (Å²) in [4.78, 5) is 32.1. The number of thiophene rings is 1. The highest BCUT2D eigenvalue weighted by atomic mass is 32.1. The van der Waals surface area contributed by atoms with Crippen molar-refractivity contribution in [3.05, 3.63) is 57.5 Å². The molecule has 1 aromatic heterocycles. The molecule has 3 rings (SSSR count). The number of non-ortho nitro benzene ring substituents is 1. The lowest BCUT2D eigenvalue weighted by molar-refractivity contribution is -0.384. The second kappa shape index (κ2) is 9.94. The predicted octanol–water partition coefficient (Wildman–Crippen LogP) is 4.02. The summed E-state index contributed by atoms with van der Waals surface area (Å²) in [5, 5.41) is 29.7. The van der Waals surface area contributed by atoms with Crippen molar-refractivity contribution in [2.24, 2.45) is 0 Å². The number of rotatable bonds is 5. The van der Waals surface area contributed by atoms with E-state index in [1.54, 1.807) is 23.5 Å². The Balaban J connectivity index is 0.000000321. The number of aliphatic carboxylic acids is 2. The van der Waals surface area contributed by atoms with Gasteiger partial charge in [-0.05, 0) is 42.9 Å². The normalized spacial score (nSPS) is 14.5. The molecule has 0 bridgehead atoms. The Morgan fingerprint density at radius 2 is 1.90 bits per heavy atom. The smallest absolute Gasteiger partial charge is 0.328 e. The Bertz CT molecular complexity index is 961. The van der Waals surface area contributed by atoms with Crippen LogP contribution in [0.2, 0.25) is 0 Å². The van der Waals surface area contributed by atoms with E-state index < -0.39 is 11.9 Å². The van der Waals surface area contributed by atoms with Crippen LogP contribution in [-0.4, -0.2) is 51.1 Å². The zero-order valence-electron chi connectivity index (χ0n) is 16.1. The summed E-state index contributed by atoms with van der Waals surface area (Å²) in [6.45, 7) is 6.50. The van der Waals surface area contributed by atoms with Gasteiger partial charge in [-0.2, -0.15) is 0 Å². The molecule has 29 heavy (non-hydrogen) atoms. The number of hydrogen-bond donors (Lipinski definition) is 2. The van der Waals surface area contributed by atoms with Gasteiger partial charge in [0, 0.05) is 53.5 Å². The van der Waals surface area contributed by atoms with Gasteiger partial charge in [0.15, 0.2) is 0 Å². The Morgan fingerprint density at radius 1 is 1.24 bits per heavy atom. The zero-order valence-corrected chi connectivity index (χ0v) is 16.9. The first-order chi connectivity index (χ1) is 13.7. The number of fused-ring (bicyclic) bond motifs is 1. The monoisotopic (exact) mass is 418 g/mol. The van der Waals surface area contributed by atoms with Gasteiger partial charge in [0.2, 0.25) is 0 Å². The number of nitro groups is 1. The molecule has 9 heteroatoms. The summed E-state index contributed by atoms with van der Waals surface area (Å²) in [6, 6.07) is 5.73. The first-order valence-corrected chi connectivity index (χ1v) is 9.80. The molecule has 8 nitrogen and oxygen atoms in total. The van der Waals surface area contributed by atoms with E-state index in [9.17, 15) is 19.7 Å². The van der Waals surface area contributed by atoms with Crippen LogP contribution in [0.1, 0.15) is 25.8 Å². The predicted molar refractivity (Wildman–Crippen MR) is 112 cm³/mol. The highest BCUT2D eigenvalue weighted by Crippen LogP contribution is 2.35. The lowest BCUT2D eigenvalue weighted by Crippen LogP contribution is -2.34. The molecule has 0 spiro atoms. The maximum Gasteiger partial charge on any atom is 0.328 e. The molecule has 0 saturated heterocycles. The first kappa shape index (κ1) is 22.3. The van der Waals surface area contributed by atoms with Crippen LogP contribution in [-0.2, 0) is 9.59 Å². The van der Waals surface area contributed by atoms with Gasteiger partial charge >= 0.3 is 11.9 Å². The average Bonchev–Trinajstić information content (AvgIpc) is 3.10. The molecule has 0 fully saturated rings. The fourth-order valence-electron chi connectivity index (χ4n) is 2.92. The fourth-order valence-corrected chi connectivity index (χ4v) is 3.94. The van der Waals surface area contributed by atoms with Crippen molar-refractivity contribution < 1.29 is 24.7 Å². The lowest BCUT2D eigenvalue weighted by Gasteiger charge is -2.29. The molecule has 1 aliphatic heterocycles. The van der Waals surface area contributed by atoms with E-state index in [2.05, 4.69) is 30.2 Å². The minimum absolute atomic E-state index is 0.166. The van der Waals surface area contributed by atoms with E-state index in [0.717, 1.165) is 29.6 Å². The summed E-state index contributed by atoms with van der Waals surface area (Å²) < 4.78 is 0.992. The molecule has 154 valence electrons. The fraction of sp³-hybridized carbons (Fsp3) is 0.300. The third-order valence-electron chi connectivity index (χ3n) is 4.46. The number of carboxylic acids is 2. The van der Waals surface area contributed by atoms with Crippen LogP contribution < -0.4 is 0 Å². The Hall–Kier alpha value is -3.04. The van der Waals surface area contributed by atoms with Crippen molar-refractivity contribution in [1.29, 1.82) is 0 Å². The average molecular weight is 418 g/mol. The van der Waals surface area contributed by atoms with Crippen molar-refractivity contribution in [3.63, 3.8) is 0 Å². The zero-order chi connectivity index (χ0) is 21.6. The van der Waals surface area contributed by atoms with Gasteiger partial charge in [-0.1, -0.05) is 6.08 Å². The molecule has 2 N–H and O–H groups in total. The second-order valence-corrected chi connectivity index (χ2v) is 7.58. The van der Waals surface area contributed by atoms with Crippen LogP contribution in [0.5, 0.6) is 0 Å². The molecule has 1 aromatic carbocycles. The molecule has 1 aliphatic rings. The Morgan fingerprint density at radius 3 is 2.38 bits per heavy atom. The molecule has 2 aromatic rings. The SMILES string of the molecule is CC(C)N1CC=C(c2csc3cc([N+](=O)[O-])ccc23)CC1.O=C(O)/C=C\C(=O)O. The maximum atomic E-state index is 10.8. The summed E-state index contributed by atoms with van der Waals surface area (Å²) >= 11 is 1.59. The van der Waals surface area contributed by atoms with Gasteiger partial charge in [0.05, 0.1) is 4.92 Å². The van der Waals surface area contributed by atoms with Crippen LogP contribution >= 0.6 is 11.3 Å². The standard InChI is InChI=1S/C16H18N2O2S.C4H4O4/c1-11(2)17-7-5-12(6-8-17)15-10-21-16-9-13(18(19)20)3-4-14(15)16;5-3(6)1-2-4(7)8/h3-5,9-11H,6-8H2,1-2H3;1-2H,(H,5,6)(H,7,8)/b;2-1-. The highest BCUT2D eigenvalue weighted by molar-refractivity contribution is 7.17. The van der Waals surface area contributed by atoms with Crippen molar-refractivity contribution in [2.45, 2.75) is 26.3 Å². The lowest BCUT2D eigenvalue weighted by atomic mass is 9.98. The molecule has 0 radical (unpaired) electrons. The number of hydrogen-bond acceptors (Lipinski definition) is 6. The topological polar surface area (TPSA) is 121 Å². The van der Waals surface area contributed by atoms with Crippen molar-refractivity contribution in [3.8, 4) is 0 Å². The maximum absolute atomic E-state index is 10.8. The molecular weight excluding hydrogens is 396 g/mol. The number of nitro benzene ring substituents is 1. The molecule has 0 saturated carbocycles. The summed E-state index contributed by atoms with van der Waals surface area (Å²) in [5.41, 5.74) is 2.78. The number of carboxylic acid groups (broad SMARTS) is 2. The van der Waals surface area contributed by atoms with Crippen LogP contribution in [0, 0.1) is 10.1 Å². The summed E-state index contributed by atoms with van der Waals surface area (Å²) in [7, 11) is 0. The number of nitrogens with zero attached hydrogens (tertiary/aromatic N) is 2. The molecule has 0 atom stereocenters. The van der Waals surface area contributed by atoms with E-state index in [1.165, 1.54) is 11.1 Å². The molecule has 0 aliphatic carbocycles. The largest absolute Gasteiger partial charge is 0.478 e. The molecular formula is C20H22N2O6S. The molecule has 2 heterocycles. The second-order valence-electron chi connectivity index (χ2n) is 6.66. The van der Waals surface area contributed by atoms with Crippen LogP contribution in [0.25, 0.3) is 15.7 Å². The van der Waals surface area contributed by atoms with Gasteiger partial charge < -0.3 is 10.2 Å². The van der Waals surface area contributed by atoms with Gasteiger partial charge in [0.1, 0.15) is 0 Å². The van der Waals surface area contributed by atoms with E-state index in [0.29, 0.717) is 18.2 Å². The third kappa shape index (κ3) is 6.23. The quantitative estimate of drug-likeness (QED) is 0.427. The summed E-state index contributed by atoms with van der Waals surface area (Å²) in [6.07, 6.45) is 4.46. The van der Waals surface area contributed by atoms with Crippen molar-refractivity contribution >= 4 is 44.6 Å². The van der Waals surface area contributed by atoms with Gasteiger partial charge in [-0.3, -0.25) is 15.0 Å². The minimum Gasteiger partial charge on any atom is -0.478 e. The number of benzene rings is 1. The first-order valence-electron chi connectivity index (χ1n) is 8.92.